The molecule has 0 atom stereocenters. The molecule has 188 valence electrons. The first-order chi connectivity index (χ1) is 17.4. The molecule has 4 aromatic rings. The minimum absolute atomic E-state index is 0.139. The van der Waals surface area contributed by atoms with Crippen LogP contribution in [0, 0.1) is 16.8 Å². The maximum Gasteiger partial charge on any atom is 0.198 e. The Morgan fingerprint density at radius 2 is 1.81 bits per heavy atom. The van der Waals surface area contributed by atoms with Gasteiger partial charge in [0.1, 0.15) is 23.1 Å². The lowest BCUT2D eigenvalue weighted by Gasteiger charge is -2.22. The number of methoxy groups -OCH3 is 2. The zero-order valence-electron chi connectivity index (χ0n) is 19.2. The van der Waals surface area contributed by atoms with Gasteiger partial charge in [0.15, 0.2) is 10.3 Å². The largest absolute Gasteiger partial charge is 0.497 e. The molecule has 5 nitrogen and oxygen atoms in total. The minimum Gasteiger partial charge on any atom is -0.497 e. The van der Waals surface area contributed by atoms with Crippen molar-refractivity contribution in [2.24, 2.45) is 0 Å². The van der Waals surface area contributed by atoms with Crippen molar-refractivity contribution in [2.45, 2.75) is 18.0 Å². The average Bonchev–Trinajstić information content (AvgIpc) is 3.31. The Hall–Kier alpha value is -3.08. The van der Waals surface area contributed by atoms with E-state index in [0.717, 1.165) is 35.0 Å². The molecule has 0 fully saturated rings. The monoisotopic (exact) mass is 551 g/mol. The van der Waals surface area contributed by atoms with E-state index >= 15 is 4.39 Å². The van der Waals surface area contributed by atoms with Crippen LogP contribution >= 0.6 is 34.9 Å². The number of benzene rings is 3. The molecule has 0 saturated carbocycles. The summed E-state index contributed by atoms with van der Waals surface area (Å²) in [7, 11) is 3.08. The lowest BCUT2D eigenvalue weighted by Crippen LogP contribution is -2.15. The van der Waals surface area contributed by atoms with Gasteiger partial charge >= 0.3 is 0 Å². The molecule has 0 saturated heterocycles. The highest BCUT2D eigenvalue weighted by molar-refractivity contribution is 8.00. The lowest BCUT2D eigenvalue weighted by molar-refractivity contribution is 0.391. The maximum atomic E-state index is 15.1. The molecule has 36 heavy (non-hydrogen) atoms. The van der Waals surface area contributed by atoms with Gasteiger partial charge in [-0.2, -0.15) is 4.39 Å². The predicted molar refractivity (Wildman–Crippen MR) is 139 cm³/mol. The molecule has 0 spiro atoms. The van der Waals surface area contributed by atoms with Crippen LogP contribution in [0.2, 0.25) is 5.02 Å². The SMILES string of the molecule is COc1ccc(CN(Sc2cc(Cl)c(NCc3ccccc3F)cc2F)c2ncc(F)s2)c(OC)c1. The Morgan fingerprint density at radius 1 is 1.00 bits per heavy atom. The van der Waals surface area contributed by atoms with Gasteiger partial charge in [0, 0.05) is 23.7 Å². The van der Waals surface area contributed by atoms with E-state index < -0.39 is 10.9 Å². The summed E-state index contributed by atoms with van der Waals surface area (Å²) >= 11 is 8.28. The van der Waals surface area contributed by atoms with Crippen LogP contribution in [0.3, 0.4) is 0 Å². The van der Waals surface area contributed by atoms with Crippen LogP contribution in [0.25, 0.3) is 0 Å². The zero-order valence-corrected chi connectivity index (χ0v) is 21.6. The molecule has 4 rings (SSSR count). The molecule has 0 aliphatic carbocycles. The number of ether oxygens (including phenoxy) is 2. The highest BCUT2D eigenvalue weighted by atomic mass is 35.5. The number of aromatic nitrogens is 1. The van der Waals surface area contributed by atoms with Crippen LogP contribution in [0.4, 0.5) is 24.0 Å². The predicted octanol–water partition coefficient (Wildman–Crippen LogP) is 7.56. The van der Waals surface area contributed by atoms with Gasteiger partial charge in [-0.1, -0.05) is 41.1 Å². The molecule has 0 radical (unpaired) electrons. The van der Waals surface area contributed by atoms with Crippen LogP contribution in [0.1, 0.15) is 11.1 Å². The van der Waals surface area contributed by atoms with Crippen molar-refractivity contribution in [2.75, 3.05) is 23.8 Å². The Morgan fingerprint density at radius 3 is 2.50 bits per heavy atom. The summed E-state index contributed by atoms with van der Waals surface area (Å²) in [4.78, 5) is 4.33. The number of hydrogen-bond donors (Lipinski definition) is 1. The van der Waals surface area contributed by atoms with Crippen LogP contribution in [0.5, 0.6) is 11.5 Å². The van der Waals surface area contributed by atoms with E-state index in [9.17, 15) is 8.78 Å². The highest BCUT2D eigenvalue weighted by Crippen LogP contribution is 2.39. The van der Waals surface area contributed by atoms with Crippen molar-refractivity contribution < 1.29 is 22.6 Å². The van der Waals surface area contributed by atoms with Crippen molar-refractivity contribution in [3.63, 3.8) is 0 Å². The highest BCUT2D eigenvalue weighted by Gasteiger charge is 2.20. The van der Waals surface area contributed by atoms with E-state index in [1.165, 1.54) is 25.3 Å². The van der Waals surface area contributed by atoms with Crippen LogP contribution < -0.4 is 19.1 Å². The van der Waals surface area contributed by atoms with E-state index in [-0.39, 0.29) is 28.8 Å². The second kappa shape index (κ2) is 11.8. The van der Waals surface area contributed by atoms with E-state index in [1.807, 2.05) is 6.07 Å². The topological polar surface area (TPSA) is 46.6 Å². The summed E-state index contributed by atoms with van der Waals surface area (Å²) in [6.45, 7) is 0.370. The normalized spacial score (nSPS) is 10.8. The standard InChI is InChI=1S/C25H21ClF3N3O2S2/c1-33-17-8-7-16(22(9-17)34-2)14-32(25-31-13-24(29)35-25)36-23-10-18(26)21(11-20(23)28)30-12-15-5-3-4-6-19(15)27/h3-11,13,30H,12,14H2,1-2H3. The molecule has 3 aromatic carbocycles. The molecule has 11 heteroatoms. The summed E-state index contributed by atoms with van der Waals surface area (Å²) in [6.07, 6.45) is 1.11. The summed E-state index contributed by atoms with van der Waals surface area (Å²) in [5, 5.41) is 3.09. The summed E-state index contributed by atoms with van der Waals surface area (Å²) in [6, 6.07) is 14.3. The van der Waals surface area contributed by atoms with Gasteiger partial charge in [0.2, 0.25) is 0 Å². The molecule has 1 aromatic heterocycles. The maximum absolute atomic E-state index is 15.1. The second-order valence-electron chi connectivity index (χ2n) is 7.46. The molecular formula is C25H21ClF3N3O2S2. The number of anilines is 2. The Kier molecular flexibility index (Phi) is 8.50. The van der Waals surface area contributed by atoms with Crippen molar-refractivity contribution in [3.8, 4) is 11.5 Å². The molecule has 0 amide bonds. The van der Waals surface area contributed by atoms with E-state index in [1.54, 1.807) is 41.7 Å². The number of hydrogen-bond acceptors (Lipinski definition) is 7. The molecular weight excluding hydrogens is 531 g/mol. The van der Waals surface area contributed by atoms with Gasteiger partial charge in [-0.25, -0.2) is 13.8 Å². The smallest absolute Gasteiger partial charge is 0.198 e. The fraction of sp³-hybridized carbons (Fsp3) is 0.160. The summed E-state index contributed by atoms with van der Waals surface area (Å²) in [5.74, 6) is 0.257. The Bertz CT molecular complexity index is 1360. The fourth-order valence-electron chi connectivity index (χ4n) is 3.32. The van der Waals surface area contributed by atoms with Crippen molar-refractivity contribution in [1.82, 2.24) is 4.98 Å². The van der Waals surface area contributed by atoms with E-state index in [4.69, 9.17) is 21.1 Å². The second-order valence-corrected chi connectivity index (χ2v) is 9.89. The van der Waals surface area contributed by atoms with Crippen molar-refractivity contribution in [1.29, 1.82) is 0 Å². The van der Waals surface area contributed by atoms with Gasteiger partial charge in [-0.3, -0.25) is 4.31 Å². The van der Waals surface area contributed by atoms with E-state index in [2.05, 4.69) is 10.3 Å². The summed E-state index contributed by atoms with van der Waals surface area (Å²) < 4.78 is 55.2. The zero-order chi connectivity index (χ0) is 25.7. The number of nitrogens with one attached hydrogen (secondary N) is 1. The summed E-state index contributed by atoms with van der Waals surface area (Å²) in [5.41, 5.74) is 1.51. The van der Waals surface area contributed by atoms with Gasteiger partial charge in [-0.15, -0.1) is 0 Å². The number of thiazole rings is 1. The van der Waals surface area contributed by atoms with Crippen molar-refractivity contribution >= 4 is 45.7 Å². The van der Waals surface area contributed by atoms with Gasteiger partial charge < -0.3 is 14.8 Å². The molecule has 1 heterocycles. The third kappa shape index (κ3) is 6.18. The minimum atomic E-state index is -0.552. The average molecular weight is 552 g/mol. The van der Waals surface area contributed by atoms with E-state index in [0.29, 0.717) is 27.9 Å². The number of rotatable bonds is 10. The molecule has 1 N–H and O–H groups in total. The van der Waals surface area contributed by atoms with Crippen molar-refractivity contribution in [3.05, 3.63) is 93.7 Å². The van der Waals surface area contributed by atoms with Crippen LogP contribution in [-0.4, -0.2) is 19.2 Å². The number of nitrogens with zero attached hydrogens (tertiary/aromatic N) is 2. The lowest BCUT2D eigenvalue weighted by atomic mass is 10.2. The molecule has 0 bridgehead atoms. The molecule has 0 unspecified atom stereocenters. The van der Waals surface area contributed by atoms with Crippen LogP contribution in [0.15, 0.2) is 65.7 Å². The molecule has 0 aliphatic heterocycles. The van der Waals surface area contributed by atoms with Crippen LogP contribution in [-0.2, 0) is 13.1 Å². The van der Waals surface area contributed by atoms with Gasteiger partial charge in [0.05, 0.1) is 42.6 Å². The fourth-order valence-corrected chi connectivity index (χ4v) is 5.28. The Balaban J connectivity index is 1.58. The third-order valence-corrected chi connectivity index (χ3v) is 7.41. The third-order valence-electron chi connectivity index (χ3n) is 5.14. The number of halogens is 4. The first-order valence-corrected chi connectivity index (χ1v) is 12.6. The van der Waals surface area contributed by atoms with Gasteiger partial charge in [0.25, 0.3) is 0 Å². The first-order valence-electron chi connectivity index (χ1n) is 10.6. The Labute approximate surface area is 220 Å². The quantitative estimate of drug-likeness (QED) is 0.205. The van der Waals surface area contributed by atoms with Gasteiger partial charge in [-0.05, 0) is 42.3 Å². The first kappa shape index (κ1) is 26.0. The molecule has 0 aliphatic rings.